The second-order valence-electron chi connectivity index (χ2n) is 5.13. The summed E-state index contributed by atoms with van der Waals surface area (Å²) in [5, 5.41) is 31.4. The van der Waals surface area contributed by atoms with Gasteiger partial charge in [-0.05, 0) is 5.92 Å². The third-order valence-electron chi connectivity index (χ3n) is 3.03. The smallest absolute Gasteiger partial charge is 0.220 e. The van der Waals surface area contributed by atoms with Crippen molar-refractivity contribution in [1.82, 2.24) is 5.32 Å². The van der Waals surface area contributed by atoms with E-state index >= 15 is 0 Å². The van der Waals surface area contributed by atoms with Gasteiger partial charge < -0.3 is 30.1 Å². The zero-order valence-corrected chi connectivity index (χ0v) is 11.4. The molecule has 19 heavy (non-hydrogen) atoms. The maximum atomic E-state index is 11.7. The first-order valence-corrected chi connectivity index (χ1v) is 6.35. The van der Waals surface area contributed by atoms with E-state index in [0.717, 1.165) is 0 Å². The summed E-state index contributed by atoms with van der Waals surface area (Å²) in [5.74, 6) is -0.0721. The molecule has 0 saturated carbocycles. The fourth-order valence-corrected chi connectivity index (χ4v) is 2.05. The van der Waals surface area contributed by atoms with Crippen LogP contribution in [-0.4, -0.2) is 65.6 Å². The average molecular weight is 277 g/mol. The third-order valence-corrected chi connectivity index (χ3v) is 3.03. The molecule has 7 heteroatoms. The Balaban J connectivity index is 2.71. The van der Waals surface area contributed by atoms with Crippen LogP contribution in [0.25, 0.3) is 0 Å². The lowest BCUT2D eigenvalue weighted by Crippen LogP contribution is -2.64. The van der Waals surface area contributed by atoms with E-state index in [1.807, 2.05) is 13.8 Å². The van der Waals surface area contributed by atoms with Gasteiger partial charge in [0.25, 0.3) is 0 Å². The minimum absolute atomic E-state index is 0.178. The van der Waals surface area contributed by atoms with E-state index in [4.69, 9.17) is 14.6 Å². The second kappa shape index (κ2) is 7.16. The van der Waals surface area contributed by atoms with Gasteiger partial charge >= 0.3 is 0 Å². The fraction of sp³-hybridized carbons (Fsp3) is 0.917. The lowest BCUT2D eigenvalue weighted by Gasteiger charge is -2.41. The molecule has 5 atom stereocenters. The molecule has 0 aliphatic carbocycles. The van der Waals surface area contributed by atoms with Crippen LogP contribution >= 0.6 is 0 Å². The number of carbonyl (C=O) groups is 1. The summed E-state index contributed by atoms with van der Waals surface area (Å²) in [7, 11) is 1.37. The van der Waals surface area contributed by atoms with Gasteiger partial charge in [-0.15, -0.1) is 0 Å². The Morgan fingerprint density at radius 3 is 2.47 bits per heavy atom. The van der Waals surface area contributed by atoms with Gasteiger partial charge in [0.05, 0.1) is 6.61 Å². The number of nitrogens with one attached hydrogen (secondary N) is 1. The minimum atomic E-state index is -1.28. The molecule has 0 aromatic heterocycles. The summed E-state index contributed by atoms with van der Waals surface area (Å²) in [4.78, 5) is 11.7. The van der Waals surface area contributed by atoms with Gasteiger partial charge in [0.15, 0.2) is 6.29 Å². The van der Waals surface area contributed by atoms with Crippen molar-refractivity contribution in [3.63, 3.8) is 0 Å². The third kappa shape index (κ3) is 4.12. The Kier molecular flexibility index (Phi) is 6.15. The van der Waals surface area contributed by atoms with Crippen LogP contribution in [0.15, 0.2) is 0 Å². The molecule has 1 aliphatic heterocycles. The van der Waals surface area contributed by atoms with Crippen LogP contribution in [0.4, 0.5) is 0 Å². The molecule has 112 valence electrons. The summed E-state index contributed by atoms with van der Waals surface area (Å²) >= 11 is 0. The van der Waals surface area contributed by atoms with Crippen LogP contribution in [0.5, 0.6) is 0 Å². The SMILES string of the molecule is COC1O[C@H](CO)[C@@H](O)[C@H](O)[C@H]1NC(=O)CC(C)C. The highest BCUT2D eigenvalue weighted by molar-refractivity contribution is 5.76. The van der Waals surface area contributed by atoms with Crippen molar-refractivity contribution in [2.24, 2.45) is 5.92 Å². The monoisotopic (exact) mass is 277 g/mol. The minimum Gasteiger partial charge on any atom is -0.394 e. The molecule has 1 saturated heterocycles. The number of rotatable bonds is 5. The maximum Gasteiger partial charge on any atom is 0.220 e. The molecule has 1 heterocycles. The fourth-order valence-electron chi connectivity index (χ4n) is 2.05. The van der Waals surface area contributed by atoms with E-state index in [1.165, 1.54) is 7.11 Å². The second-order valence-corrected chi connectivity index (χ2v) is 5.13. The van der Waals surface area contributed by atoms with Gasteiger partial charge in [0, 0.05) is 13.5 Å². The van der Waals surface area contributed by atoms with Crippen LogP contribution < -0.4 is 5.32 Å². The van der Waals surface area contributed by atoms with E-state index in [-0.39, 0.29) is 11.8 Å². The quantitative estimate of drug-likeness (QED) is 0.492. The van der Waals surface area contributed by atoms with Gasteiger partial charge in [-0.25, -0.2) is 0 Å². The lowest BCUT2D eigenvalue weighted by atomic mass is 9.96. The summed E-state index contributed by atoms with van der Waals surface area (Å²) in [6.07, 6.45) is -4.07. The summed E-state index contributed by atoms with van der Waals surface area (Å²) in [6.45, 7) is 3.36. The van der Waals surface area contributed by atoms with E-state index in [2.05, 4.69) is 5.32 Å². The molecule has 1 fully saturated rings. The zero-order chi connectivity index (χ0) is 14.6. The molecule has 0 radical (unpaired) electrons. The molecular formula is C12H23NO6. The Labute approximate surface area is 112 Å². The van der Waals surface area contributed by atoms with Gasteiger partial charge in [-0.2, -0.15) is 0 Å². The predicted octanol–water partition coefficient (Wildman–Crippen LogP) is -1.40. The first-order chi connectivity index (χ1) is 8.90. The molecule has 1 rings (SSSR count). The first-order valence-electron chi connectivity index (χ1n) is 6.35. The van der Waals surface area contributed by atoms with Crippen LogP contribution in [0.3, 0.4) is 0 Å². The zero-order valence-electron chi connectivity index (χ0n) is 11.4. The molecule has 1 unspecified atom stereocenters. The number of methoxy groups -OCH3 is 1. The van der Waals surface area contributed by atoms with Crippen molar-refractivity contribution in [3.8, 4) is 0 Å². The molecule has 0 aromatic carbocycles. The largest absolute Gasteiger partial charge is 0.394 e. The van der Waals surface area contributed by atoms with Crippen molar-refractivity contribution in [1.29, 1.82) is 0 Å². The number of hydrogen-bond donors (Lipinski definition) is 4. The summed E-state index contributed by atoms with van der Waals surface area (Å²) in [5.41, 5.74) is 0. The maximum absolute atomic E-state index is 11.7. The molecule has 4 N–H and O–H groups in total. The van der Waals surface area contributed by atoms with Crippen LogP contribution in [-0.2, 0) is 14.3 Å². The Hall–Kier alpha value is -0.730. The van der Waals surface area contributed by atoms with Crippen molar-refractivity contribution in [2.45, 2.75) is 50.9 Å². The van der Waals surface area contributed by atoms with Gasteiger partial charge in [-0.3, -0.25) is 4.79 Å². The Morgan fingerprint density at radius 2 is 2.00 bits per heavy atom. The van der Waals surface area contributed by atoms with Gasteiger partial charge in [0.1, 0.15) is 24.4 Å². The highest BCUT2D eigenvalue weighted by atomic mass is 16.7. The Bertz CT molecular complexity index is 296. The molecular weight excluding hydrogens is 254 g/mol. The molecule has 7 nitrogen and oxygen atoms in total. The highest BCUT2D eigenvalue weighted by Crippen LogP contribution is 2.21. The Morgan fingerprint density at radius 1 is 1.37 bits per heavy atom. The number of hydrogen-bond acceptors (Lipinski definition) is 6. The van der Waals surface area contributed by atoms with E-state index in [0.29, 0.717) is 6.42 Å². The van der Waals surface area contributed by atoms with Crippen LogP contribution in [0.1, 0.15) is 20.3 Å². The number of aliphatic hydroxyl groups is 3. The van der Waals surface area contributed by atoms with E-state index < -0.39 is 37.3 Å². The number of amides is 1. The van der Waals surface area contributed by atoms with Gasteiger partial charge in [-0.1, -0.05) is 13.8 Å². The van der Waals surface area contributed by atoms with Crippen LogP contribution in [0.2, 0.25) is 0 Å². The lowest BCUT2D eigenvalue weighted by molar-refractivity contribution is -0.262. The predicted molar refractivity (Wildman–Crippen MR) is 66.2 cm³/mol. The highest BCUT2D eigenvalue weighted by Gasteiger charge is 2.45. The summed E-state index contributed by atoms with van der Waals surface area (Å²) in [6, 6.07) is -0.867. The van der Waals surface area contributed by atoms with E-state index in [9.17, 15) is 15.0 Å². The first kappa shape index (κ1) is 16.3. The molecule has 0 bridgehead atoms. The molecule has 1 aliphatic rings. The normalized spacial score (nSPS) is 35.4. The molecule has 0 aromatic rings. The molecule has 0 spiro atoms. The topological polar surface area (TPSA) is 108 Å². The van der Waals surface area contributed by atoms with Crippen molar-refractivity contribution in [2.75, 3.05) is 13.7 Å². The van der Waals surface area contributed by atoms with Crippen molar-refractivity contribution < 1.29 is 29.6 Å². The standard InChI is InChI=1S/C12H23NO6/c1-6(2)4-8(15)13-9-11(17)10(16)7(5-14)19-12(9)18-3/h6-7,9-12,14,16-17H,4-5H2,1-3H3,(H,13,15)/t7-,9-,10-,11-,12?/m1/s1. The van der Waals surface area contributed by atoms with Crippen molar-refractivity contribution in [3.05, 3.63) is 0 Å². The number of ether oxygens (including phenoxy) is 2. The number of aliphatic hydroxyl groups excluding tert-OH is 3. The van der Waals surface area contributed by atoms with Crippen molar-refractivity contribution >= 4 is 5.91 Å². The van der Waals surface area contributed by atoms with Crippen LogP contribution in [0, 0.1) is 5.92 Å². The van der Waals surface area contributed by atoms with E-state index in [1.54, 1.807) is 0 Å². The number of carbonyl (C=O) groups excluding carboxylic acids is 1. The van der Waals surface area contributed by atoms with Gasteiger partial charge in [0.2, 0.25) is 5.91 Å². The summed E-state index contributed by atoms with van der Waals surface area (Å²) < 4.78 is 10.3. The molecule has 1 amide bonds. The average Bonchev–Trinajstić information content (AvgIpc) is 2.34.